The number of benzene rings is 1. The first-order valence-electron chi connectivity index (χ1n) is 5.61. The summed E-state index contributed by atoms with van der Waals surface area (Å²) in [6, 6.07) is 5.58. The summed E-state index contributed by atoms with van der Waals surface area (Å²) in [7, 11) is 0. The molecule has 0 fully saturated rings. The molecule has 2 aromatic rings. The quantitative estimate of drug-likeness (QED) is 0.912. The summed E-state index contributed by atoms with van der Waals surface area (Å²) in [5.74, 6) is 0.495. The van der Waals surface area contributed by atoms with Gasteiger partial charge >= 0.3 is 0 Å². The van der Waals surface area contributed by atoms with Gasteiger partial charge in [0, 0.05) is 11.6 Å². The second-order valence-corrected chi connectivity index (χ2v) is 4.61. The van der Waals surface area contributed by atoms with Crippen molar-refractivity contribution in [2.24, 2.45) is 0 Å². The predicted octanol–water partition coefficient (Wildman–Crippen LogP) is 2.70. The molecule has 0 aliphatic rings. The highest BCUT2D eigenvalue weighted by Crippen LogP contribution is 2.21. The van der Waals surface area contributed by atoms with E-state index in [1.54, 1.807) is 0 Å². The number of halogens is 1. The number of fused-ring (bicyclic) bond motifs is 1. The van der Waals surface area contributed by atoms with Crippen LogP contribution >= 0.6 is 11.6 Å². The Morgan fingerprint density at radius 1 is 1.47 bits per heavy atom. The van der Waals surface area contributed by atoms with Gasteiger partial charge in [0.1, 0.15) is 0 Å². The van der Waals surface area contributed by atoms with Crippen molar-refractivity contribution in [3.05, 3.63) is 23.2 Å². The smallest absolute Gasteiger partial charge is 0.201 e. The molecule has 2 N–H and O–H groups in total. The van der Waals surface area contributed by atoms with Crippen LogP contribution in [-0.2, 0) is 11.3 Å². The summed E-state index contributed by atoms with van der Waals surface area (Å²) in [6.07, 6.45) is 0.223. The third-order valence-corrected chi connectivity index (χ3v) is 2.74. The Morgan fingerprint density at radius 3 is 2.94 bits per heavy atom. The third kappa shape index (κ3) is 2.70. The van der Waals surface area contributed by atoms with Gasteiger partial charge in [0.25, 0.3) is 0 Å². The Balaban J connectivity index is 2.24. The normalized spacial score (nSPS) is 11.5. The average molecular weight is 254 g/mol. The summed E-state index contributed by atoms with van der Waals surface area (Å²) in [6.45, 7) is 5.34. The molecule has 5 heteroatoms. The van der Waals surface area contributed by atoms with Crippen LogP contribution in [0.5, 0.6) is 0 Å². The van der Waals surface area contributed by atoms with Crippen LogP contribution < -0.4 is 5.73 Å². The highest BCUT2D eigenvalue weighted by molar-refractivity contribution is 6.31. The zero-order chi connectivity index (χ0) is 12.4. The molecule has 0 aliphatic carbocycles. The van der Waals surface area contributed by atoms with Crippen molar-refractivity contribution < 1.29 is 4.74 Å². The topological polar surface area (TPSA) is 53.1 Å². The van der Waals surface area contributed by atoms with Crippen molar-refractivity contribution >= 4 is 28.6 Å². The molecule has 1 aromatic heterocycles. The highest BCUT2D eigenvalue weighted by atomic mass is 35.5. The predicted molar refractivity (Wildman–Crippen MR) is 70.2 cm³/mol. The molecule has 0 aliphatic heterocycles. The largest absolute Gasteiger partial charge is 0.377 e. The number of imidazole rings is 1. The lowest BCUT2D eigenvalue weighted by molar-refractivity contribution is 0.0735. The molecular formula is C12H16ClN3O. The number of ether oxygens (including phenoxy) is 1. The maximum atomic E-state index is 5.91. The number of rotatable bonds is 4. The van der Waals surface area contributed by atoms with Crippen molar-refractivity contribution in [3.8, 4) is 0 Å². The van der Waals surface area contributed by atoms with Crippen molar-refractivity contribution in [2.75, 3.05) is 12.3 Å². The molecule has 1 heterocycles. The fourth-order valence-electron chi connectivity index (χ4n) is 1.74. The Bertz CT molecular complexity index is 522. The molecule has 4 nitrogen and oxygen atoms in total. The molecular weight excluding hydrogens is 238 g/mol. The second kappa shape index (κ2) is 4.94. The molecule has 0 unspecified atom stereocenters. The molecule has 0 bridgehead atoms. The molecule has 17 heavy (non-hydrogen) atoms. The number of nitrogen functional groups attached to an aromatic ring is 1. The van der Waals surface area contributed by atoms with Crippen LogP contribution in [0.3, 0.4) is 0 Å². The summed E-state index contributed by atoms with van der Waals surface area (Å²) < 4.78 is 7.45. The summed E-state index contributed by atoms with van der Waals surface area (Å²) in [4.78, 5) is 4.27. The van der Waals surface area contributed by atoms with E-state index in [1.807, 2.05) is 36.6 Å². The molecule has 0 saturated carbocycles. The van der Waals surface area contributed by atoms with Crippen LogP contribution in [-0.4, -0.2) is 22.3 Å². The Morgan fingerprint density at radius 2 is 2.24 bits per heavy atom. The fourth-order valence-corrected chi connectivity index (χ4v) is 1.90. The van der Waals surface area contributed by atoms with E-state index in [4.69, 9.17) is 22.1 Å². The molecule has 0 amide bonds. The van der Waals surface area contributed by atoms with E-state index in [1.165, 1.54) is 0 Å². The van der Waals surface area contributed by atoms with Crippen LogP contribution in [0.2, 0.25) is 5.02 Å². The maximum Gasteiger partial charge on any atom is 0.201 e. The second-order valence-electron chi connectivity index (χ2n) is 4.17. The highest BCUT2D eigenvalue weighted by Gasteiger charge is 2.08. The Kier molecular flexibility index (Phi) is 3.54. The monoisotopic (exact) mass is 253 g/mol. The van der Waals surface area contributed by atoms with E-state index in [0.29, 0.717) is 24.1 Å². The van der Waals surface area contributed by atoms with Gasteiger partial charge < -0.3 is 15.0 Å². The number of aromatic nitrogens is 2. The van der Waals surface area contributed by atoms with Crippen molar-refractivity contribution in [1.82, 2.24) is 9.55 Å². The van der Waals surface area contributed by atoms with Gasteiger partial charge in [-0.05, 0) is 32.0 Å². The summed E-state index contributed by atoms with van der Waals surface area (Å²) in [5.41, 5.74) is 7.68. The van der Waals surface area contributed by atoms with Crippen LogP contribution in [0.1, 0.15) is 13.8 Å². The van der Waals surface area contributed by atoms with Gasteiger partial charge in [0.2, 0.25) is 5.95 Å². The average Bonchev–Trinajstić information content (AvgIpc) is 2.54. The van der Waals surface area contributed by atoms with E-state index in [0.717, 1.165) is 11.0 Å². The van der Waals surface area contributed by atoms with E-state index in [9.17, 15) is 0 Å². The van der Waals surface area contributed by atoms with Crippen LogP contribution in [0.15, 0.2) is 18.2 Å². The summed E-state index contributed by atoms with van der Waals surface area (Å²) in [5, 5.41) is 0.667. The number of hydrogen-bond donors (Lipinski definition) is 1. The number of nitrogens with two attached hydrogens (primary N) is 1. The lowest BCUT2D eigenvalue weighted by Gasteiger charge is -2.09. The minimum Gasteiger partial charge on any atom is -0.377 e. The van der Waals surface area contributed by atoms with Gasteiger partial charge in [-0.3, -0.25) is 0 Å². The number of anilines is 1. The van der Waals surface area contributed by atoms with Gasteiger partial charge in [-0.15, -0.1) is 0 Å². The van der Waals surface area contributed by atoms with E-state index >= 15 is 0 Å². The first-order chi connectivity index (χ1) is 8.08. The van der Waals surface area contributed by atoms with Crippen molar-refractivity contribution in [3.63, 3.8) is 0 Å². The lowest BCUT2D eigenvalue weighted by atomic mass is 10.3. The SMILES string of the molecule is CC(C)OCCn1c(N)nc2cc(Cl)ccc21. The molecule has 92 valence electrons. The van der Waals surface area contributed by atoms with Crippen molar-refractivity contribution in [2.45, 2.75) is 26.5 Å². The molecule has 0 saturated heterocycles. The zero-order valence-corrected chi connectivity index (χ0v) is 10.7. The van der Waals surface area contributed by atoms with Crippen LogP contribution in [0.4, 0.5) is 5.95 Å². The fraction of sp³-hybridized carbons (Fsp3) is 0.417. The van der Waals surface area contributed by atoms with Crippen molar-refractivity contribution in [1.29, 1.82) is 0 Å². The standard InChI is InChI=1S/C12H16ClN3O/c1-8(2)17-6-5-16-11-4-3-9(13)7-10(11)15-12(16)14/h3-4,7-8H,5-6H2,1-2H3,(H2,14,15). The van der Waals surface area contributed by atoms with Gasteiger partial charge in [-0.1, -0.05) is 11.6 Å². The van der Waals surface area contributed by atoms with E-state index in [2.05, 4.69) is 4.98 Å². The minimum absolute atomic E-state index is 0.223. The number of nitrogens with zero attached hydrogens (tertiary/aromatic N) is 2. The Labute approximate surface area is 105 Å². The van der Waals surface area contributed by atoms with Crippen LogP contribution in [0, 0.1) is 0 Å². The van der Waals surface area contributed by atoms with Gasteiger partial charge in [0.15, 0.2) is 0 Å². The Hall–Kier alpha value is -1.26. The molecule has 0 atom stereocenters. The first-order valence-corrected chi connectivity index (χ1v) is 5.98. The zero-order valence-electron chi connectivity index (χ0n) is 9.98. The minimum atomic E-state index is 0.223. The molecule has 2 rings (SSSR count). The molecule has 0 spiro atoms. The third-order valence-electron chi connectivity index (χ3n) is 2.51. The molecule has 0 radical (unpaired) electrons. The molecule has 1 aromatic carbocycles. The van der Waals surface area contributed by atoms with E-state index in [-0.39, 0.29) is 6.10 Å². The van der Waals surface area contributed by atoms with Crippen LogP contribution in [0.25, 0.3) is 11.0 Å². The van der Waals surface area contributed by atoms with Gasteiger partial charge in [-0.2, -0.15) is 0 Å². The first kappa shape index (κ1) is 12.2. The van der Waals surface area contributed by atoms with Gasteiger partial charge in [0.05, 0.1) is 23.7 Å². The maximum absolute atomic E-state index is 5.91. The number of hydrogen-bond acceptors (Lipinski definition) is 3. The summed E-state index contributed by atoms with van der Waals surface area (Å²) >= 11 is 5.91. The van der Waals surface area contributed by atoms with Gasteiger partial charge in [-0.25, -0.2) is 4.98 Å². The van der Waals surface area contributed by atoms with E-state index < -0.39 is 0 Å². The lowest BCUT2D eigenvalue weighted by Crippen LogP contribution is -2.12.